The van der Waals surface area contributed by atoms with Gasteiger partial charge < -0.3 is 15.2 Å². The summed E-state index contributed by atoms with van der Waals surface area (Å²) >= 11 is 0. The van der Waals surface area contributed by atoms with E-state index in [1.165, 1.54) is 5.56 Å². The summed E-state index contributed by atoms with van der Waals surface area (Å²) in [5.41, 5.74) is 3.50. The van der Waals surface area contributed by atoms with Crippen LogP contribution in [0.15, 0.2) is 48.5 Å². The Morgan fingerprint density at radius 3 is 2.50 bits per heavy atom. The van der Waals surface area contributed by atoms with Crippen molar-refractivity contribution in [1.82, 2.24) is 5.32 Å². The SMILES string of the molecule is COc1ccccc1-c1ccc(CNCCCO)cc1. The monoisotopic (exact) mass is 271 g/mol. The number of methoxy groups -OCH3 is 1. The lowest BCUT2D eigenvalue weighted by molar-refractivity contribution is 0.286. The van der Waals surface area contributed by atoms with Crippen LogP contribution < -0.4 is 10.1 Å². The molecule has 0 aliphatic heterocycles. The number of hydrogen-bond acceptors (Lipinski definition) is 3. The van der Waals surface area contributed by atoms with E-state index in [4.69, 9.17) is 9.84 Å². The van der Waals surface area contributed by atoms with Gasteiger partial charge in [0.2, 0.25) is 0 Å². The smallest absolute Gasteiger partial charge is 0.126 e. The van der Waals surface area contributed by atoms with Crippen LogP contribution in [0.5, 0.6) is 5.75 Å². The molecule has 0 amide bonds. The fourth-order valence-corrected chi connectivity index (χ4v) is 2.12. The van der Waals surface area contributed by atoms with E-state index in [9.17, 15) is 0 Å². The number of benzene rings is 2. The lowest BCUT2D eigenvalue weighted by Gasteiger charge is -2.09. The molecule has 2 rings (SSSR count). The molecule has 3 nitrogen and oxygen atoms in total. The van der Waals surface area contributed by atoms with Crippen LogP contribution >= 0.6 is 0 Å². The predicted molar refractivity (Wildman–Crippen MR) is 81.8 cm³/mol. The Hall–Kier alpha value is -1.84. The molecule has 0 radical (unpaired) electrons. The first-order valence-electron chi connectivity index (χ1n) is 6.89. The highest BCUT2D eigenvalue weighted by molar-refractivity contribution is 5.70. The molecule has 2 aromatic rings. The highest BCUT2D eigenvalue weighted by Gasteiger charge is 2.04. The molecule has 3 heteroatoms. The van der Waals surface area contributed by atoms with Gasteiger partial charge in [0.1, 0.15) is 5.75 Å². The lowest BCUT2D eigenvalue weighted by atomic mass is 10.0. The minimum Gasteiger partial charge on any atom is -0.496 e. The molecule has 2 aromatic carbocycles. The van der Waals surface area contributed by atoms with Crippen LogP contribution in [-0.4, -0.2) is 25.4 Å². The van der Waals surface area contributed by atoms with Gasteiger partial charge in [0.25, 0.3) is 0 Å². The summed E-state index contributed by atoms with van der Waals surface area (Å²) < 4.78 is 5.39. The minimum absolute atomic E-state index is 0.236. The number of hydrogen-bond donors (Lipinski definition) is 2. The van der Waals surface area contributed by atoms with Crippen molar-refractivity contribution in [3.05, 3.63) is 54.1 Å². The molecule has 0 unspecified atom stereocenters. The van der Waals surface area contributed by atoms with E-state index in [1.807, 2.05) is 18.2 Å². The van der Waals surface area contributed by atoms with E-state index < -0.39 is 0 Å². The van der Waals surface area contributed by atoms with Gasteiger partial charge in [-0.3, -0.25) is 0 Å². The van der Waals surface area contributed by atoms with Crippen molar-refractivity contribution in [2.24, 2.45) is 0 Å². The summed E-state index contributed by atoms with van der Waals surface area (Å²) in [6.07, 6.45) is 0.791. The van der Waals surface area contributed by atoms with Crippen molar-refractivity contribution >= 4 is 0 Å². The second-order valence-corrected chi connectivity index (χ2v) is 4.65. The van der Waals surface area contributed by atoms with Crippen molar-refractivity contribution in [2.45, 2.75) is 13.0 Å². The topological polar surface area (TPSA) is 41.5 Å². The molecule has 0 aliphatic carbocycles. The minimum atomic E-state index is 0.236. The number of nitrogens with one attached hydrogen (secondary N) is 1. The normalized spacial score (nSPS) is 10.5. The van der Waals surface area contributed by atoms with Gasteiger partial charge in [-0.2, -0.15) is 0 Å². The molecule has 0 aromatic heterocycles. The van der Waals surface area contributed by atoms with Crippen molar-refractivity contribution in [3.8, 4) is 16.9 Å². The van der Waals surface area contributed by atoms with Crippen molar-refractivity contribution < 1.29 is 9.84 Å². The van der Waals surface area contributed by atoms with Gasteiger partial charge in [-0.15, -0.1) is 0 Å². The molecule has 0 saturated heterocycles. The summed E-state index contributed by atoms with van der Waals surface area (Å²) in [7, 11) is 1.69. The highest BCUT2D eigenvalue weighted by atomic mass is 16.5. The third kappa shape index (κ3) is 3.83. The first kappa shape index (κ1) is 14.6. The maximum absolute atomic E-state index is 8.72. The predicted octanol–water partition coefficient (Wildman–Crippen LogP) is 2.83. The summed E-state index contributed by atoms with van der Waals surface area (Å²) in [6, 6.07) is 16.5. The Morgan fingerprint density at radius 2 is 1.80 bits per heavy atom. The molecule has 20 heavy (non-hydrogen) atoms. The van der Waals surface area contributed by atoms with Crippen molar-refractivity contribution in [1.29, 1.82) is 0 Å². The van der Waals surface area contributed by atoms with Crippen molar-refractivity contribution in [3.63, 3.8) is 0 Å². The Balaban J connectivity index is 2.04. The maximum Gasteiger partial charge on any atom is 0.126 e. The zero-order valence-corrected chi connectivity index (χ0v) is 11.8. The van der Waals surface area contributed by atoms with Crippen LogP contribution in [-0.2, 0) is 6.54 Å². The molecule has 0 fully saturated rings. The molecule has 0 aliphatic rings. The van der Waals surface area contributed by atoms with Crippen LogP contribution in [0.1, 0.15) is 12.0 Å². The van der Waals surface area contributed by atoms with E-state index in [2.05, 4.69) is 35.6 Å². The number of rotatable bonds is 7. The van der Waals surface area contributed by atoms with E-state index in [-0.39, 0.29) is 6.61 Å². The van der Waals surface area contributed by atoms with Gasteiger partial charge in [0.05, 0.1) is 7.11 Å². The molecule has 0 atom stereocenters. The van der Waals surface area contributed by atoms with Gasteiger partial charge in [-0.1, -0.05) is 42.5 Å². The summed E-state index contributed by atoms with van der Waals surface area (Å²) in [5.74, 6) is 0.890. The lowest BCUT2D eigenvalue weighted by Crippen LogP contribution is -2.15. The molecule has 0 bridgehead atoms. The van der Waals surface area contributed by atoms with Gasteiger partial charge in [0, 0.05) is 18.7 Å². The quantitative estimate of drug-likeness (QED) is 0.761. The largest absolute Gasteiger partial charge is 0.496 e. The Labute approximate surface area is 120 Å². The van der Waals surface area contributed by atoms with Crippen LogP contribution in [0.4, 0.5) is 0 Å². The third-order valence-electron chi connectivity index (χ3n) is 3.21. The Bertz CT molecular complexity index is 523. The Kier molecular flexibility index (Phi) is 5.59. The zero-order chi connectivity index (χ0) is 14.2. The van der Waals surface area contributed by atoms with Gasteiger partial charge in [-0.25, -0.2) is 0 Å². The maximum atomic E-state index is 8.72. The molecular weight excluding hydrogens is 250 g/mol. The zero-order valence-electron chi connectivity index (χ0n) is 11.8. The standard InChI is InChI=1S/C17H21NO2/c1-20-17-6-3-2-5-16(17)15-9-7-14(8-10-15)13-18-11-4-12-19/h2-3,5-10,18-19H,4,11-13H2,1H3. The first-order chi connectivity index (χ1) is 9.85. The van der Waals surface area contributed by atoms with E-state index in [0.717, 1.165) is 36.4 Å². The molecule has 2 N–H and O–H groups in total. The molecule has 0 saturated carbocycles. The molecule has 0 spiro atoms. The summed E-state index contributed by atoms with van der Waals surface area (Å²) in [4.78, 5) is 0. The highest BCUT2D eigenvalue weighted by Crippen LogP contribution is 2.29. The first-order valence-corrected chi connectivity index (χ1v) is 6.89. The number of ether oxygens (including phenoxy) is 1. The van der Waals surface area contributed by atoms with Crippen molar-refractivity contribution in [2.75, 3.05) is 20.3 Å². The number of aliphatic hydroxyl groups excluding tert-OH is 1. The van der Waals surface area contributed by atoms with E-state index in [1.54, 1.807) is 7.11 Å². The number of aliphatic hydroxyl groups is 1. The fourth-order valence-electron chi connectivity index (χ4n) is 2.12. The summed E-state index contributed by atoms with van der Waals surface area (Å²) in [6.45, 7) is 1.90. The second-order valence-electron chi connectivity index (χ2n) is 4.65. The molecule has 106 valence electrons. The van der Waals surface area contributed by atoms with Crippen LogP contribution in [0, 0.1) is 0 Å². The van der Waals surface area contributed by atoms with Gasteiger partial charge >= 0.3 is 0 Å². The molecule has 0 heterocycles. The van der Waals surface area contributed by atoms with Gasteiger partial charge in [0.15, 0.2) is 0 Å². The average molecular weight is 271 g/mol. The Morgan fingerprint density at radius 1 is 1.05 bits per heavy atom. The molecular formula is C17H21NO2. The third-order valence-corrected chi connectivity index (χ3v) is 3.21. The fraction of sp³-hybridized carbons (Fsp3) is 0.294. The van der Waals surface area contributed by atoms with E-state index in [0.29, 0.717) is 0 Å². The summed E-state index contributed by atoms with van der Waals surface area (Å²) in [5, 5.41) is 12.0. The number of para-hydroxylation sites is 1. The van der Waals surface area contributed by atoms with Gasteiger partial charge in [-0.05, 0) is 30.2 Å². The average Bonchev–Trinajstić information content (AvgIpc) is 2.52. The van der Waals surface area contributed by atoms with E-state index >= 15 is 0 Å². The second kappa shape index (κ2) is 7.68. The van der Waals surface area contributed by atoms with Crippen LogP contribution in [0.2, 0.25) is 0 Å². The van der Waals surface area contributed by atoms with Crippen LogP contribution in [0.25, 0.3) is 11.1 Å². The van der Waals surface area contributed by atoms with Crippen LogP contribution in [0.3, 0.4) is 0 Å².